The van der Waals surface area contributed by atoms with Crippen molar-refractivity contribution in [3.63, 3.8) is 0 Å². The lowest BCUT2D eigenvalue weighted by atomic mass is 9.93. The number of benzene rings is 1. The standard InChI is InChI=1S/C19H25N5O2/c1-22-7-6-17(25)15(12-22)19(26)24-10-8-23(9-11-24)18-14-4-2-3-5-16(14)20-13-21-18/h2-5,13,15,17,25H,6-12H2,1H3/t15-,17+/m1/s1. The van der Waals surface area contributed by atoms with E-state index in [0.717, 1.165) is 36.4 Å². The summed E-state index contributed by atoms with van der Waals surface area (Å²) >= 11 is 0. The SMILES string of the molecule is CN1CC[C@H](O)[C@H](C(=O)N2CCN(c3ncnc4ccccc34)CC2)C1. The molecule has 2 aliphatic rings. The summed E-state index contributed by atoms with van der Waals surface area (Å²) in [5.74, 6) is 0.705. The van der Waals surface area contributed by atoms with E-state index in [2.05, 4.69) is 19.8 Å². The number of piperazine rings is 1. The summed E-state index contributed by atoms with van der Waals surface area (Å²) in [4.78, 5) is 27.9. The van der Waals surface area contributed by atoms with Crippen molar-refractivity contribution in [2.45, 2.75) is 12.5 Å². The topological polar surface area (TPSA) is 72.8 Å². The van der Waals surface area contributed by atoms with E-state index in [1.165, 1.54) is 0 Å². The number of rotatable bonds is 2. The van der Waals surface area contributed by atoms with Crippen LogP contribution in [0.3, 0.4) is 0 Å². The molecule has 2 atom stereocenters. The highest BCUT2D eigenvalue weighted by Gasteiger charge is 2.35. The number of carbonyl (C=O) groups excluding carboxylic acids is 1. The highest BCUT2D eigenvalue weighted by molar-refractivity contribution is 5.89. The number of piperidine rings is 1. The number of fused-ring (bicyclic) bond motifs is 1. The highest BCUT2D eigenvalue weighted by atomic mass is 16.3. The molecule has 0 saturated carbocycles. The number of nitrogens with zero attached hydrogens (tertiary/aromatic N) is 5. The van der Waals surface area contributed by atoms with Gasteiger partial charge in [-0.1, -0.05) is 12.1 Å². The molecule has 0 radical (unpaired) electrons. The molecule has 2 saturated heterocycles. The maximum absolute atomic E-state index is 12.9. The van der Waals surface area contributed by atoms with Crippen molar-refractivity contribution in [3.8, 4) is 0 Å². The summed E-state index contributed by atoms with van der Waals surface area (Å²) in [6.07, 6.45) is 1.74. The van der Waals surface area contributed by atoms with Gasteiger partial charge in [-0.25, -0.2) is 9.97 Å². The normalized spacial score (nSPS) is 24.8. The number of aromatic nitrogens is 2. The number of likely N-dealkylation sites (tertiary alicyclic amines) is 1. The van der Waals surface area contributed by atoms with Gasteiger partial charge in [0.25, 0.3) is 0 Å². The van der Waals surface area contributed by atoms with Gasteiger partial charge in [0, 0.05) is 44.7 Å². The maximum Gasteiger partial charge on any atom is 0.229 e. The van der Waals surface area contributed by atoms with Gasteiger partial charge in [0.15, 0.2) is 0 Å². The van der Waals surface area contributed by atoms with Crippen LogP contribution in [0.1, 0.15) is 6.42 Å². The van der Waals surface area contributed by atoms with E-state index in [0.29, 0.717) is 26.1 Å². The predicted molar refractivity (Wildman–Crippen MR) is 99.9 cm³/mol. The number of hydrogen-bond donors (Lipinski definition) is 1. The second kappa shape index (κ2) is 7.17. The van der Waals surface area contributed by atoms with E-state index in [4.69, 9.17) is 0 Å². The Labute approximate surface area is 153 Å². The number of aliphatic hydroxyl groups is 1. The zero-order valence-corrected chi connectivity index (χ0v) is 15.1. The van der Waals surface area contributed by atoms with Gasteiger partial charge in [0.2, 0.25) is 5.91 Å². The largest absolute Gasteiger partial charge is 0.392 e. The molecule has 1 amide bonds. The van der Waals surface area contributed by atoms with Gasteiger partial charge in [-0.2, -0.15) is 0 Å². The molecule has 2 fully saturated rings. The number of para-hydroxylation sites is 1. The summed E-state index contributed by atoms with van der Waals surface area (Å²) in [7, 11) is 2.00. The lowest BCUT2D eigenvalue weighted by Crippen LogP contribution is -2.55. The average molecular weight is 355 g/mol. The van der Waals surface area contributed by atoms with Gasteiger partial charge in [0.05, 0.1) is 17.5 Å². The van der Waals surface area contributed by atoms with Gasteiger partial charge in [-0.3, -0.25) is 4.79 Å². The van der Waals surface area contributed by atoms with Crippen molar-refractivity contribution < 1.29 is 9.90 Å². The van der Waals surface area contributed by atoms with Gasteiger partial charge in [-0.15, -0.1) is 0 Å². The molecule has 0 unspecified atom stereocenters. The van der Waals surface area contributed by atoms with Crippen LogP contribution in [0.4, 0.5) is 5.82 Å². The Bertz CT molecular complexity index is 785. The first-order valence-electron chi connectivity index (χ1n) is 9.23. The van der Waals surface area contributed by atoms with E-state index in [1.54, 1.807) is 6.33 Å². The molecule has 0 aliphatic carbocycles. The molecule has 7 nitrogen and oxygen atoms in total. The van der Waals surface area contributed by atoms with Gasteiger partial charge in [0.1, 0.15) is 12.1 Å². The van der Waals surface area contributed by atoms with E-state index < -0.39 is 6.10 Å². The second-order valence-corrected chi connectivity index (χ2v) is 7.25. The molecule has 1 aromatic carbocycles. The molecule has 3 heterocycles. The van der Waals surface area contributed by atoms with Crippen LogP contribution in [0.15, 0.2) is 30.6 Å². The van der Waals surface area contributed by atoms with E-state index in [-0.39, 0.29) is 11.8 Å². The van der Waals surface area contributed by atoms with Gasteiger partial charge in [-0.05, 0) is 25.6 Å². The fraction of sp³-hybridized carbons (Fsp3) is 0.526. The molecular formula is C19H25N5O2. The lowest BCUT2D eigenvalue weighted by molar-refractivity contribution is -0.142. The fourth-order valence-electron chi connectivity index (χ4n) is 3.96. The summed E-state index contributed by atoms with van der Waals surface area (Å²) in [5, 5.41) is 11.3. The first-order valence-corrected chi connectivity index (χ1v) is 9.23. The Kier molecular flexibility index (Phi) is 4.74. The Balaban J connectivity index is 1.44. The van der Waals surface area contributed by atoms with Crippen molar-refractivity contribution >= 4 is 22.6 Å². The second-order valence-electron chi connectivity index (χ2n) is 7.25. The molecule has 0 bridgehead atoms. The van der Waals surface area contributed by atoms with Crippen LogP contribution in [-0.4, -0.2) is 83.2 Å². The van der Waals surface area contributed by atoms with Crippen molar-refractivity contribution in [2.24, 2.45) is 5.92 Å². The summed E-state index contributed by atoms with van der Waals surface area (Å²) in [6.45, 7) is 4.28. The zero-order chi connectivity index (χ0) is 18.1. The van der Waals surface area contributed by atoms with Gasteiger partial charge < -0.3 is 19.8 Å². The van der Waals surface area contributed by atoms with E-state index in [9.17, 15) is 9.90 Å². The zero-order valence-electron chi connectivity index (χ0n) is 15.1. The summed E-state index contributed by atoms with van der Waals surface area (Å²) in [5.41, 5.74) is 0.935. The minimum atomic E-state index is -0.525. The molecule has 7 heteroatoms. The van der Waals surface area contributed by atoms with E-state index in [1.807, 2.05) is 36.2 Å². The van der Waals surface area contributed by atoms with Crippen molar-refractivity contribution in [3.05, 3.63) is 30.6 Å². The number of anilines is 1. The molecule has 1 aromatic heterocycles. The minimum absolute atomic E-state index is 0.0799. The van der Waals surface area contributed by atoms with Crippen LogP contribution in [0.25, 0.3) is 10.9 Å². The van der Waals surface area contributed by atoms with Crippen LogP contribution >= 0.6 is 0 Å². The lowest BCUT2D eigenvalue weighted by Gasteiger charge is -2.40. The third kappa shape index (κ3) is 3.24. The summed E-state index contributed by atoms with van der Waals surface area (Å²) < 4.78 is 0. The third-order valence-electron chi connectivity index (χ3n) is 5.51. The Hall–Kier alpha value is -2.25. The maximum atomic E-state index is 12.9. The smallest absolute Gasteiger partial charge is 0.229 e. The monoisotopic (exact) mass is 355 g/mol. The molecule has 2 aliphatic heterocycles. The fourth-order valence-corrected chi connectivity index (χ4v) is 3.96. The highest BCUT2D eigenvalue weighted by Crippen LogP contribution is 2.25. The minimum Gasteiger partial charge on any atom is -0.392 e. The Morgan fingerprint density at radius 3 is 2.69 bits per heavy atom. The molecule has 1 N–H and O–H groups in total. The predicted octanol–water partition coefficient (Wildman–Crippen LogP) is 0.591. The molecule has 0 spiro atoms. The van der Waals surface area contributed by atoms with Crippen molar-refractivity contribution in [1.82, 2.24) is 19.8 Å². The number of aliphatic hydroxyl groups excluding tert-OH is 1. The third-order valence-corrected chi connectivity index (χ3v) is 5.51. The van der Waals surface area contributed by atoms with Crippen LogP contribution in [0.5, 0.6) is 0 Å². The number of amides is 1. The number of hydrogen-bond acceptors (Lipinski definition) is 6. The van der Waals surface area contributed by atoms with Crippen LogP contribution in [0.2, 0.25) is 0 Å². The molecule has 138 valence electrons. The average Bonchev–Trinajstić information content (AvgIpc) is 2.69. The van der Waals surface area contributed by atoms with Crippen LogP contribution in [-0.2, 0) is 4.79 Å². The first kappa shape index (κ1) is 17.2. The van der Waals surface area contributed by atoms with Crippen molar-refractivity contribution in [1.29, 1.82) is 0 Å². The molecular weight excluding hydrogens is 330 g/mol. The quantitative estimate of drug-likeness (QED) is 0.850. The van der Waals surface area contributed by atoms with Crippen LogP contribution < -0.4 is 4.90 Å². The molecule has 4 rings (SSSR count). The van der Waals surface area contributed by atoms with Gasteiger partial charge >= 0.3 is 0 Å². The van der Waals surface area contributed by atoms with Crippen LogP contribution in [0, 0.1) is 5.92 Å². The van der Waals surface area contributed by atoms with E-state index >= 15 is 0 Å². The Morgan fingerprint density at radius 1 is 1.12 bits per heavy atom. The van der Waals surface area contributed by atoms with Crippen molar-refractivity contribution in [2.75, 3.05) is 51.2 Å². The summed E-state index contributed by atoms with van der Waals surface area (Å²) in [6, 6.07) is 8.00. The first-order chi connectivity index (χ1) is 12.6. The number of carbonyl (C=O) groups is 1. The Morgan fingerprint density at radius 2 is 1.88 bits per heavy atom. The molecule has 26 heavy (non-hydrogen) atoms. The molecule has 2 aromatic rings.